The van der Waals surface area contributed by atoms with Crippen molar-refractivity contribution in [3.63, 3.8) is 0 Å². The predicted molar refractivity (Wildman–Crippen MR) is 54.6 cm³/mol. The summed E-state index contributed by atoms with van der Waals surface area (Å²) in [5.74, 6) is 0. The monoisotopic (exact) mass is 232 g/mol. The molecule has 2 atom stereocenters. The molecular weight excluding hydrogens is 224 g/mol. The van der Waals surface area contributed by atoms with Gasteiger partial charge in [-0.1, -0.05) is 18.7 Å². The van der Waals surface area contributed by atoms with E-state index in [9.17, 15) is 8.42 Å². The lowest BCUT2D eigenvalue weighted by Gasteiger charge is -2.02. The Kier molecular flexibility index (Phi) is 3.70. The Bertz CT molecular complexity index is 414. The van der Waals surface area contributed by atoms with Gasteiger partial charge in [0, 0.05) is 0 Å². The summed E-state index contributed by atoms with van der Waals surface area (Å²) in [6.45, 7) is 3.46. The highest BCUT2D eigenvalue weighted by atomic mass is 32.2. The highest BCUT2D eigenvalue weighted by Crippen LogP contribution is 2.18. The Hall–Kier alpha value is -0.820. The Morgan fingerprint density at radius 1 is 1.21 bits per heavy atom. The van der Waals surface area contributed by atoms with Gasteiger partial charge in [0.2, 0.25) is 0 Å². The smallest absolute Gasteiger partial charge is 0.187 e. The summed E-state index contributed by atoms with van der Waals surface area (Å²) in [5, 5.41) is 0. The van der Waals surface area contributed by atoms with E-state index in [-0.39, 0.29) is 9.79 Å². The minimum atomic E-state index is -2.18. The lowest BCUT2D eigenvalue weighted by Crippen LogP contribution is -1.96. The van der Waals surface area contributed by atoms with Crippen molar-refractivity contribution >= 4 is 28.2 Å². The first-order chi connectivity index (χ1) is 6.56. The molecule has 14 heavy (non-hydrogen) atoms. The van der Waals surface area contributed by atoms with Gasteiger partial charge in [-0.2, -0.15) is 0 Å². The van der Waals surface area contributed by atoms with Crippen LogP contribution in [-0.2, 0) is 22.2 Å². The molecule has 76 valence electrons. The lowest BCUT2D eigenvalue weighted by atomic mass is 10.2. The number of hydrogen-bond donors (Lipinski definition) is 2. The molecule has 0 aliphatic heterocycles. The van der Waals surface area contributed by atoms with Crippen LogP contribution in [0.3, 0.4) is 0 Å². The normalized spacial score (nSPS) is 14.7. The summed E-state index contributed by atoms with van der Waals surface area (Å²) >= 11 is -4.33. The van der Waals surface area contributed by atoms with Gasteiger partial charge in [-0.15, -0.1) is 0 Å². The summed E-state index contributed by atoms with van der Waals surface area (Å²) in [4.78, 5) is 0.174. The van der Waals surface area contributed by atoms with E-state index in [4.69, 9.17) is 9.11 Å². The third-order valence-corrected chi connectivity index (χ3v) is 2.98. The van der Waals surface area contributed by atoms with Crippen molar-refractivity contribution in [2.75, 3.05) is 0 Å². The van der Waals surface area contributed by atoms with Crippen molar-refractivity contribution in [3.05, 3.63) is 30.3 Å². The average Bonchev–Trinajstić information content (AvgIpc) is 2.16. The van der Waals surface area contributed by atoms with Crippen molar-refractivity contribution in [3.8, 4) is 0 Å². The first kappa shape index (κ1) is 11.3. The van der Waals surface area contributed by atoms with Gasteiger partial charge >= 0.3 is 0 Å². The minimum Gasteiger partial charge on any atom is -0.302 e. The van der Waals surface area contributed by atoms with Crippen molar-refractivity contribution in [1.82, 2.24) is 0 Å². The molecule has 1 rings (SSSR count). The molecule has 0 aromatic heterocycles. The fourth-order valence-corrected chi connectivity index (χ4v) is 2.00. The molecule has 1 aromatic carbocycles. The Morgan fingerprint density at radius 3 is 2.29 bits per heavy atom. The quantitative estimate of drug-likeness (QED) is 0.774. The van der Waals surface area contributed by atoms with Gasteiger partial charge in [0.25, 0.3) is 0 Å². The summed E-state index contributed by atoms with van der Waals surface area (Å²) in [6, 6.07) is 4.09. The molecule has 1 aromatic rings. The zero-order chi connectivity index (χ0) is 10.7. The van der Waals surface area contributed by atoms with Gasteiger partial charge in [0.05, 0.1) is 9.79 Å². The molecule has 4 nitrogen and oxygen atoms in total. The first-order valence-corrected chi connectivity index (χ1v) is 5.76. The molecule has 0 bridgehead atoms. The molecule has 0 spiro atoms. The third kappa shape index (κ3) is 2.36. The van der Waals surface area contributed by atoms with Crippen LogP contribution in [0, 0.1) is 0 Å². The predicted octanol–water partition coefficient (Wildman–Crippen LogP) is 1.49. The summed E-state index contributed by atoms with van der Waals surface area (Å²) < 4.78 is 39.2. The zero-order valence-electron chi connectivity index (χ0n) is 7.04. The second-order valence-electron chi connectivity index (χ2n) is 2.40. The topological polar surface area (TPSA) is 74.6 Å². The molecule has 2 unspecified atom stereocenters. The van der Waals surface area contributed by atoms with E-state index in [0.717, 1.165) is 0 Å². The van der Waals surface area contributed by atoms with E-state index >= 15 is 0 Å². The molecule has 0 heterocycles. The molecule has 0 amide bonds. The third-order valence-electron chi connectivity index (χ3n) is 1.59. The van der Waals surface area contributed by atoms with Crippen molar-refractivity contribution in [1.29, 1.82) is 0 Å². The largest absolute Gasteiger partial charge is 0.302 e. The van der Waals surface area contributed by atoms with Crippen LogP contribution in [0.25, 0.3) is 6.08 Å². The van der Waals surface area contributed by atoms with Gasteiger partial charge in [-0.3, -0.25) is 0 Å². The molecular formula is C8H8O4S2. The van der Waals surface area contributed by atoms with Gasteiger partial charge in [-0.25, -0.2) is 8.42 Å². The highest BCUT2D eigenvalue weighted by molar-refractivity contribution is 7.80. The second kappa shape index (κ2) is 4.61. The maximum Gasteiger partial charge on any atom is 0.187 e. The van der Waals surface area contributed by atoms with E-state index in [1.165, 1.54) is 24.3 Å². The van der Waals surface area contributed by atoms with Gasteiger partial charge < -0.3 is 9.11 Å². The SMILES string of the molecule is C=Cc1ccc(S(=O)O)cc1S(=O)O. The van der Waals surface area contributed by atoms with E-state index in [1.807, 2.05) is 0 Å². The Labute approximate surface area is 86.2 Å². The maximum atomic E-state index is 10.8. The standard InChI is InChI=1S/C8H8O4S2/c1-2-6-3-4-7(13(9)10)5-8(6)14(11)12/h2-5H,1H2,(H,9,10)(H,11,12). The number of hydrogen-bond acceptors (Lipinski definition) is 2. The molecule has 0 fully saturated rings. The van der Waals surface area contributed by atoms with Crippen molar-refractivity contribution in [2.45, 2.75) is 9.79 Å². The summed E-state index contributed by atoms with van der Waals surface area (Å²) in [6.07, 6.45) is 1.41. The maximum absolute atomic E-state index is 10.8. The molecule has 2 N–H and O–H groups in total. The summed E-state index contributed by atoms with van der Waals surface area (Å²) in [7, 11) is 0. The van der Waals surface area contributed by atoms with E-state index in [0.29, 0.717) is 5.56 Å². The van der Waals surface area contributed by atoms with Crippen LogP contribution in [0.5, 0.6) is 0 Å². The second-order valence-corrected chi connectivity index (χ2v) is 4.31. The molecule has 0 saturated heterocycles. The van der Waals surface area contributed by atoms with Crippen LogP contribution >= 0.6 is 0 Å². The average molecular weight is 232 g/mol. The number of benzene rings is 1. The van der Waals surface area contributed by atoms with Crippen molar-refractivity contribution in [2.24, 2.45) is 0 Å². The Balaban J connectivity index is 3.34. The van der Waals surface area contributed by atoms with Crippen LogP contribution in [0.4, 0.5) is 0 Å². The molecule has 6 heteroatoms. The van der Waals surface area contributed by atoms with Crippen LogP contribution in [0.2, 0.25) is 0 Å². The fraction of sp³-hybridized carbons (Fsp3) is 0. The number of rotatable bonds is 3. The Morgan fingerprint density at radius 2 is 1.86 bits per heavy atom. The van der Waals surface area contributed by atoms with Crippen LogP contribution in [-0.4, -0.2) is 17.5 Å². The van der Waals surface area contributed by atoms with Crippen LogP contribution in [0.15, 0.2) is 34.6 Å². The fourth-order valence-electron chi connectivity index (χ4n) is 0.943. The zero-order valence-corrected chi connectivity index (χ0v) is 8.68. The van der Waals surface area contributed by atoms with Gasteiger partial charge in [-0.05, 0) is 17.7 Å². The van der Waals surface area contributed by atoms with Crippen LogP contribution in [0.1, 0.15) is 5.56 Å². The molecule has 0 saturated carbocycles. The first-order valence-electron chi connectivity index (χ1n) is 3.54. The lowest BCUT2D eigenvalue weighted by molar-refractivity contribution is 0.561. The molecule has 0 radical (unpaired) electrons. The van der Waals surface area contributed by atoms with E-state index in [1.54, 1.807) is 0 Å². The van der Waals surface area contributed by atoms with E-state index in [2.05, 4.69) is 6.58 Å². The van der Waals surface area contributed by atoms with E-state index < -0.39 is 22.2 Å². The van der Waals surface area contributed by atoms with Crippen molar-refractivity contribution < 1.29 is 17.5 Å². The van der Waals surface area contributed by atoms with Gasteiger partial charge in [0.15, 0.2) is 22.2 Å². The van der Waals surface area contributed by atoms with Gasteiger partial charge in [0.1, 0.15) is 0 Å². The molecule has 0 aliphatic carbocycles. The minimum absolute atomic E-state index is 0.0832. The summed E-state index contributed by atoms with van der Waals surface area (Å²) in [5.41, 5.74) is 0.472. The van der Waals surface area contributed by atoms with Crippen LogP contribution < -0.4 is 0 Å². The highest BCUT2D eigenvalue weighted by Gasteiger charge is 2.09. The molecule has 0 aliphatic rings.